The zero-order valence-corrected chi connectivity index (χ0v) is 13.6. The van der Waals surface area contributed by atoms with E-state index in [1.54, 1.807) is 30.3 Å². The predicted molar refractivity (Wildman–Crippen MR) is 89.8 cm³/mol. The lowest BCUT2D eigenvalue weighted by molar-refractivity contribution is 0.282. The predicted octanol–water partition coefficient (Wildman–Crippen LogP) is 3.42. The Balaban J connectivity index is 1.66. The molecule has 1 aromatic heterocycles. The Kier molecular flexibility index (Phi) is 5.17. The Labute approximate surface area is 141 Å². The summed E-state index contributed by atoms with van der Waals surface area (Å²) in [5.41, 5.74) is 2.06. The summed E-state index contributed by atoms with van der Waals surface area (Å²) in [4.78, 5) is 4.08. The van der Waals surface area contributed by atoms with Crippen molar-refractivity contribution in [3.63, 3.8) is 0 Å². The summed E-state index contributed by atoms with van der Waals surface area (Å²) in [6.07, 6.45) is 1.45. The van der Waals surface area contributed by atoms with Crippen LogP contribution in [0.4, 0.5) is 4.39 Å². The fourth-order valence-corrected chi connectivity index (χ4v) is 3.35. The highest BCUT2D eigenvalue weighted by molar-refractivity contribution is 7.83. The van der Waals surface area contributed by atoms with E-state index in [0.29, 0.717) is 23.0 Å². The topological polar surface area (TPSA) is 63.3 Å². The third-order valence-electron chi connectivity index (χ3n) is 3.51. The molecule has 0 amide bonds. The molecule has 0 aliphatic carbocycles. The van der Waals surface area contributed by atoms with Crippen LogP contribution in [0.15, 0.2) is 59.1 Å². The molecule has 24 heavy (non-hydrogen) atoms. The molecule has 3 rings (SSSR count). The Morgan fingerprint density at radius 2 is 1.75 bits per heavy atom. The van der Waals surface area contributed by atoms with Crippen molar-refractivity contribution in [1.29, 1.82) is 0 Å². The number of halogens is 1. The number of nitrogens with zero attached hydrogens (tertiary/aromatic N) is 1. The molecule has 0 saturated carbocycles. The number of aliphatic hydroxyl groups excluding tert-OH is 1. The molecule has 1 N–H and O–H groups in total. The van der Waals surface area contributed by atoms with Gasteiger partial charge >= 0.3 is 0 Å². The third-order valence-corrected chi connectivity index (χ3v) is 4.73. The Morgan fingerprint density at radius 1 is 1.04 bits per heavy atom. The van der Waals surface area contributed by atoms with Crippen molar-refractivity contribution in [3.8, 4) is 11.3 Å². The summed E-state index contributed by atoms with van der Waals surface area (Å²) in [7, 11) is -1.19. The zero-order valence-electron chi connectivity index (χ0n) is 12.8. The van der Waals surface area contributed by atoms with E-state index < -0.39 is 10.8 Å². The quantitative estimate of drug-likeness (QED) is 0.743. The summed E-state index contributed by atoms with van der Waals surface area (Å²) in [5, 5.41) is 9.01. The third kappa shape index (κ3) is 3.96. The van der Waals surface area contributed by atoms with Crippen molar-refractivity contribution in [2.24, 2.45) is 0 Å². The van der Waals surface area contributed by atoms with Crippen molar-refractivity contribution in [3.05, 3.63) is 77.6 Å². The summed E-state index contributed by atoms with van der Waals surface area (Å²) in [6, 6.07) is 13.6. The van der Waals surface area contributed by atoms with Gasteiger partial charge < -0.3 is 9.52 Å². The van der Waals surface area contributed by atoms with Crippen LogP contribution in [-0.2, 0) is 28.9 Å². The maximum atomic E-state index is 13.7. The lowest BCUT2D eigenvalue weighted by atomic mass is 10.2. The molecule has 3 aromatic rings. The van der Waals surface area contributed by atoms with Gasteiger partial charge in [-0.15, -0.1) is 0 Å². The number of hydrogen-bond acceptors (Lipinski definition) is 4. The van der Waals surface area contributed by atoms with Gasteiger partial charge in [0.05, 0.1) is 18.4 Å². The number of oxazole rings is 1. The first kappa shape index (κ1) is 16.5. The van der Waals surface area contributed by atoms with Gasteiger partial charge in [-0.25, -0.2) is 9.37 Å². The number of hydrogen-bond donors (Lipinski definition) is 1. The average Bonchev–Trinajstić information content (AvgIpc) is 3.04. The lowest BCUT2D eigenvalue weighted by Crippen LogP contribution is -2.00. The second-order valence-corrected chi connectivity index (χ2v) is 6.76. The van der Waals surface area contributed by atoms with Gasteiger partial charge in [0, 0.05) is 16.6 Å². The van der Waals surface area contributed by atoms with Crippen molar-refractivity contribution in [2.75, 3.05) is 0 Å². The standard InChI is InChI=1S/C18H16FNO3S/c19-16-4-2-1-3-15(16)17-9-20-18(23-17)12-24(22)11-14-7-5-13(10-21)6-8-14/h1-9,21H,10-12H2. The largest absolute Gasteiger partial charge is 0.440 e. The Bertz CT molecular complexity index is 845. The van der Waals surface area contributed by atoms with Gasteiger partial charge in [-0.1, -0.05) is 36.4 Å². The number of rotatable bonds is 6. The molecule has 1 heterocycles. The number of benzene rings is 2. The van der Waals surface area contributed by atoms with Crippen molar-refractivity contribution in [2.45, 2.75) is 18.1 Å². The van der Waals surface area contributed by atoms with Crippen molar-refractivity contribution < 1.29 is 18.1 Å². The van der Waals surface area contributed by atoms with E-state index in [1.165, 1.54) is 12.3 Å². The maximum Gasteiger partial charge on any atom is 0.207 e. The molecule has 0 spiro atoms. The highest BCUT2D eigenvalue weighted by atomic mass is 32.2. The molecule has 0 fully saturated rings. The second-order valence-electron chi connectivity index (χ2n) is 5.30. The molecule has 0 saturated heterocycles. The first-order valence-corrected chi connectivity index (χ1v) is 8.88. The van der Waals surface area contributed by atoms with Crippen LogP contribution < -0.4 is 0 Å². The highest BCUT2D eigenvalue weighted by Gasteiger charge is 2.13. The second kappa shape index (κ2) is 7.51. The van der Waals surface area contributed by atoms with Crippen LogP contribution in [0.5, 0.6) is 0 Å². The first-order valence-electron chi connectivity index (χ1n) is 7.39. The minimum absolute atomic E-state index is 0.0154. The molecule has 6 heteroatoms. The van der Waals surface area contributed by atoms with Crippen molar-refractivity contribution >= 4 is 10.8 Å². The first-order chi connectivity index (χ1) is 11.7. The van der Waals surface area contributed by atoms with Crippen LogP contribution in [0.25, 0.3) is 11.3 Å². The van der Waals surface area contributed by atoms with Crippen LogP contribution in [-0.4, -0.2) is 14.3 Å². The Hall–Kier alpha value is -2.31. The molecular formula is C18H16FNO3S. The molecule has 2 aromatic carbocycles. The summed E-state index contributed by atoms with van der Waals surface area (Å²) < 4.78 is 31.5. The summed E-state index contributed by atoms with van der Waals surface area (Å²) in [5.74, 6) is 0.788. The van der Waals surface area contributed by atoms with Crippen LogP contribution in [0.1, 0.15) is 17.0 Å². The molecule has 1 unspecified atom stereocenters. The van der Waals surface area contributed by atoms with Gasteiger partial charge in [0.2, 0.25) is 5.89 Å². The van der Waals surface area contributed by atoms with E-state index in [0.717, 1.165) is 11.1 Å². The van der Waals surface area contributed by atoms with E-state index >= 15 is 0 Å². The monoisotopic (exact) mass is 345 g/mol. The minimum Gasteiger partial charge on any atom is -0.440 e. The SMILES string of the molecule is O=S(Cc1ccc(CO)cc1)Cc1ncc(-c2ccccc2F)o1. The van der Waals surface area contributed by atoms with E-state index in [1.807, 2.05) is 12.1 Å². The van der Waals surface area contributed by atoms with E-state index in [4.69, 9.17) is 9.52 Å². The van der Waals surface area contributed by atoms with Gasteiger partial charge in [-0.3, -0.25) is 4.21 Å². The molecule has 0 bridgehead atoms. The van der Waals surface area contributed by atoms with Crippen LogP contribution in [0.2, 0.25) is 0 Å². The summed E-state index contributed by atoms with van der Waals surface area (Å²) in [6.45, 7) is -0.0154. The molecule has 0 aliphatic heterocycles. The van der Waals surface area contributed by atoms with Crippen LogP contribution in [0.3, 0.4) is 0 Å². The fraction of sp³-hybridized carbons (Fsp3) is 0.167. The number of aliphatic hydroxyl groups is 1. The zero-order chi connectivity index (χ0) is 16.9. The van der Waals surface area contributed by atoms with Gasteiger partial charge in [0.15, 0.2) is 5.76 Å². The van der Waals surface area contributed by atoms with Gasteiger partial charge in [0.25, 0.3) is 0 Å². The van der Waals surface area contributed by atoms with Crippen molar-refractivity contribution in [1.82, 2.24) is 4.98 Å². The molecule has 1 atom stereocenters. The van der Waals surface area contributed by atoms with E-state index in [-0.39, 0.29) is 18.2 Å². The average molecular weight is 345 g/mol. The van der Waals surface area contributed by atoms with Gasteiger partial charge in [-0.05, 0) is 23.3 Å². The maximum absolute atomic E-state index is 13.7. The van der Waals surface area contributed by atoms with Gasteiger partial charge in [-0.2, -0.15) is 0 Å². The van der Waals surface area contributed by atoms with Gasteiger partial charge in [0.1, 0.15) is 11.6 Å². The van der Waals surface area contributed by atoms with Crippen LogP contribution in [0, 0.1) is 5.82 Å². The lowest BCUT2D eigenvalue weighted by Gasteiger charge is -2.02. The fourth-order valence-electron chi connectivity index (χ4n) is 2.28. The van der Waals surface area contributed by atoms with Crippen LogP contribution >= 0.6 is 0 Å². The smallest absolute Gasteiger partial charge is 0.207 e. The molecule has 4 nitrogen and oxygen atoms in total. The molecular weight excluding hydrogens is 329 g/mol. The molecule has 0 radical (unpaired) electrons. The summed E-state index contributed by atoms with van der Waals surface area (Å²) >= 11 is 0. The highest BCUT2D eigenvalue weighted by Crippen LogP contribution is 2.23. The normalized spacial score (nSPS) is 12.2. The van der Waals surface area contributed by atoms with E-state index in [2.05, 4.69) is 4.98 Å². The minimum atomic E-state index is -1.19. The van der Waals surface area contributed by atoms with E-state index in [9.17, 15) is 8.60 Å². The molecule has 0 aliphatic rings. The number of aromatic nitrogens is 1. The Morgan fingerprint density at radius 3 is 2.46 bits per heavy atom. The molecule has 124 valence electrons.